The van der Waals surface area contributed by atoms with Crippen molar-refractivity contribution in [1.29, 1.82) is 0 Å². The van der Waals surface area contributed by atoms with E-state index in [4.69, 9.17) is 4.74 Å². The van der Waals surface area contributed by atoms with E-state index in [9.17, 15) is 13.2 Å². The van der Waals surface area contributed by atoms with E-state index in [1.165, 1.54) is 0 Å². The fraction of sp³-hybridized carbons (Fsp3) is 0.700. The second-order valence-corrected chi connectivity index (χ2v) is 5.12. The van der Waals surface area contributed by atoms with Crippen molar-refractivity contribution in [2.45, 2.75) is 18.6 Å². The number of nitrogens with one attached hydrogen (secondary N) is 1. The molecule has 1 N–H and O–H groups in total. The molecule has 18 heavy (non-hydrogen) atoms. The molecule has 4 nitrogen and oxygen atoms in total. The maximum absolute atomic E-state index is 12.8. The second kappa shape index (κ2) is 4.27. The molecule has 0 aliphatic carbocycles. The van der Waals surface area contributed by atoms with Gasteiger partial charge in [0.2, 0.25) is 0 Å². The molecule has 3 heterocycles. The van der Waals surface area contributed by atoms with Crippen molar-refractivity contribution in [1.82, 2.24) is 9.69 Å². The molecule has 0 spiro atoms. The second-order valence-electron chi connectivity index (χ2n) is 4.35. The predicted octanol–water partition coefficient (Wildman–Crippen LogP) is 1.72. The van der Waals surface area contributed by atoms with Crippen LogP contribution < -0.4 is 15.0 Å². The molecule has 1 aromatic rings. The summed E-state index contributed by atoms with van der Waals surface area (Å²) in [7, 11) is 0. The van der Waals surface area contributed by atoms with Gasteiger partial charge in [0, 0.05) is 32.1 Å². The third-order valence-electron chi connectivity index (χ3n) is 3.21. The van der Waals surface area contributed by atoms with Crippen LogP contribution in [0.2, 0.25) is 0 Å². The fourth-order valence-corrected chi connectivity index (χ4v) is 3.06. The molecule has 1 fully saturated rings. The first-order chi connectivity index (χ1) is 8.57. The van der Waals surface area contributed by atoms with E-state index in [1.807, 2.05) is 4.90 Å². The summed E-state index contributed by atoms with van der Waals surface area (Å²) < 4.78 is 47.7. The number of rotatable bonds is 0. The summed E-state index contributed by atoms with van der Waals surface area (Å²) in [6.07, 6.45) is -3.68. The van der Waals surface area contributed by atoms with Gasteiger partial charge in [0.1, 0.15) is 0 Å². The van der Waals surface area contributed by atoms with Gasteiger partial charge in [-0.3, -0.25) is 0 Å². The summed E-state index contributed by atoms with van der Waals surface area (Å²) in [6.45, 7) is 2.50. The molecule has 1 aromatic heterocycles. The average Bonchev–Trinajstić information content (AvgIpc) is 2.66. The van der Waals surface area contributed by atoms with Crippen molar-refractivity contribution in [3.8, 4) is 5.75 Å². The zero-order chi connectivity index (χ0) is 12.8. The maximum atomic E-state index is 12.8. The van der Waals surface area contributed by atoms with Crippen LogP contribution in [-0.4, -0.2) is 36.7 Å². The number of hydrogen-bond acceptors (Lipinski definition) is 5. The van der Waals surface area contributed by atoms with Crippen molar-refractivity contribution >= 4 is 17.4 Å². The Labute approximate surface area is 106 Å². The molecule has 0 bridgehead atoms. The Balaban J connectivity index is 2.01. The Morgan fingerprint density at radius 1 is 1.44 bits per heavy atom. The highest BCUT2D eigenvalue weighted by Crippen LogP contribution is 2.46. The smallest absolute Gasteiger partial charge is 0.430 e. The SMILES string of the molecule is FC(F)(F)c1snc2c1OCCC1CNCCN21. The van der Waals surface area contributed by atoms with Crippen LogP contribution in [0.4, 0.5) is 19.0 Å². The number of nitrogens with zero attached hydrogens (tertiary/aromatic N) is 2. The number of hydrogen-bond donors (Lipinski definition) is 1. The lowest BCUT2D eigenvalue weighted by molar-refractivity contribution is -0.135. The number of piperazine rings is 1. The van der Waals surface area contributed by atoms with Crippen LogP contribution in [0.15, 0.2) is 0 Å². The van der Waals surface area contributed by atoms with Crippen LogP contribution in [0.1, 0.15) is 11.3 Å². The zero-order valence-corrected chi connectivity index (χ0v) is 10.3. The quantitative estimate of drug-likeness (QED) is 0.784. The average molecular weight is 279 g/mol. The standard InChI is InChI=1S/C10H12F3N3OS/c11-10(12,13)8-7-9(15-18-8)16-3-2-14-5-6(16)1-4-17-7/h6,14H,1-5H2. The van der Waals surface area contributed by atoms with Crippen LogP contribution in [-0.2, 0) is 6.18 Å². The number of aromatic nitrogens is 1. The highest BCUT2D eigenvalue weighted by atomic mass is 32.1. The van der Waals surface area contributed by atoms with Gasteiger partial charge >= 0.3 is 6.18 Å². The molecule has 100 valence electrons. The van der Waals surface area contributed by atoms with Crippen molar-refractivity contribution < 1.29 is 17.9 Å². The molecule has 0 radical (unpaired) electrons. The molecular weight excluding hydrogens is 267 g/mol. The van der Waals surface area contributed by atoms with Crippen LogP contribution in [0.3, 0.4) is 0 Å². The summed E-state index contributed by atoms with van der Waals surface area (Å²) in [4.78, 5) is 1.21. The first-order valence-electron chi connectivity index (χ1n) is 5.74. The molecular formula is C10H12F3N3OS. The third-order valence-corrected chi connectivity index (χ3v) is 4.07. The van der Waals surface area contributed by atoms with Crippen LogP contribution >= 0.6 is 11.5 Å². The normalized spacial score (nSPS) is 23.9. The topological polar surface area (TPSA) is 37.4 Å². The van der Waals surface area contributed by atoms with Gasteiger partial charge in [0.05, 0.1) is 6.61 Å². The Hall–Kier alpha value is -1.02. The third kappa shape index (κ3) is 1.93. The number of alkyl halides is 3. The summed E-state index contributed by atoms with van der Waals surface area (Å²) >= 11 is 0.475. The van der Waals surface area contributed by atoms with E-state index < -0.39 is 11.1 Å². The van der Waals surface area contributed by atoms with E-state index in [1.54, 1.807) is 0 Å². The van der Waals surface area contributed by atoms with Crippen molar-refractivity contribution in [3.05, 3.63) is 4.88 Å². The first-order valence-corrected chi connectivity index (χ1v) is 6.52. The lowest BCUT2D eigenvalue weighted by atomic mass is 10.1. The molecule has 3 rings (SSSR count). The number of anilines is 1. The van der Waals surface area contributed by atoms with Gasteiger partial charge < -0.3 is 15.0 Å². The van der Waals surface area contributed by atoms with Gasteiger partial charge in [-0.25, -0.2) is 0 Å². The molecule has 8 heteroatoms. The summed E-state index contributed by atoms with van der Waals surface area (Å²) in [5.74, 6) is 0.272. The summed E-state index contributed by atoms with van der Waals surface area (Å²) in [5.41, 5.74) is 0. The molecule has 2 aliphatic heterocycles. The summed E-state index contributed by atoms with van der Waals surface area (Å²) in [5, 5.41) is 3.24. The van der Waals surface area contributed by atoms with Crippen molar-refractivity contribution in [2.24, 2.45) is 0 Å². The Bertz CT molecular complexity index is 448. The molecule has 2 aliphatic rings. The molecule has 0 saturated carbocycles. The Morgan fingerprint density at radius 2 is 2.28 bits per heavy atom. The lowest BCUT2D eigenvalue weighted by Crippen LogP contribution is -2.51. The first kappa shape index (κ1) is 12.0. The van der Waals surface area contributed by atoms with Crippen LogP contribution in [0, 0.1) is 0 Å². The van der Waals surface area contributed by atoms with Gasteiger partial charge in [-0.15, -0.1) is 0 Å². The van der Waals surface area contributed by atoms with E-state index in [2.05, 4.69) is 9.69 Å². The fourth-order valence-electron chi connectivity index (χ4n) is 2.36. The summed E-state index contributed by atoms with van der Waals surface area (Å²) in [6, 6.07) is 0.170. The Kier molecular flexibility index (Phi) is 2.86. The maximum Gasteiger partial charge on any atom is 0.430 e. The van der Waals surface area contributed by atoms with Gasteiger partial charge in [-0.05, 0) is 11.5 Å². The highest BCUT2D eigenvalue weighted by Gasteiger charge is 2.42. The van der Waals surface area contributed by atoms with E-state index >= 15 is 0 Å². The molecule has 0 aromatic carbocycles. The van der Waals surface area contributed by atoms with Crippen LogP contribution in [0.5, 0.6) is 5.75 Å². The number of fused-ring (bicyclic) bond motifs is 3. The van der Waals surface area contributed by atoms with Gasteiger partial charge in [0.25, 0.3) is 0 Å². The molecule has 1 saturated heterocycles. The van der Waals surface area contributed by atoms with Gasteiger partial charge in [0.15, 0.2) is 16.4 Å². The molecule has 0 amide bonds. The largest absolute Gasteiger partial charge is 0.488 e. The lowest BCUT2D eigenvalue weighted by Gasteiger charge is -2.34. The predicted molar refractivity (Wildman–Crippen MR) is 61.2 cm³/mol. The molecule has 1 unspecified atom stereocenters. The number of halogens is 3. The van der Waals surface area contributed by atoms with Crippen molar-refractivity contribution in [2.75, 3.05) is 31.1 Å². The van der Waals surface area contributed by atoms with Gasteiger partial charge in [-0.2, -0.15) is 17.5 Å². The number of ether oxygens (including phenoxy) is 1. The Morgan fingerprint density at radius 3 is 3.06 bits per heavy atom. The minimum absolute atomic E-state index is 0.0862. The van der Waals surface area contributed by atoms with Crippen LogP contribution in [0.25, 0.3) is 0 Å². The van der Waals surface area contributed by atoms with E-state index in [0.717, 1.165) is 13.1 Å². The highest BCUT2D eigenvalue weighted by molar-refractivity contribution is 7.06. The van der Waals surface area contributed by atoms with Gasteiger partial charge in [-0.1, -0.05) is 0 Å². The minimum Gasteiger partial charge on any atom is -0.488 e. The van der Waals surface area contributed by atoms with Crippen molar-refractivity contribution in [3.63, 3.8) is 0 Å². The zero-order valence-electron chi connectivity index (χ0n) is 9.46. The minimum atomic E-state index is -4.39. The molecule has 1 atom stereocenters. The van der Waals surface area contributed by atoms with E-state index in [-0.39, 0.29) is 11.8 Å². The van der Waals surface area contributed by atoms with E-state index in [0.29, 0.717) is 36.9 Å². The monoisotopic (exact) mass is 279 g/mol.